The molecule has 60 valence electrons. The van der Waals surface area contributed by atoms with Gasteiger partial charge in [0, 0.05) is 13.5 Å². The predicted octanol–water partition coefficient (Wildman–Crippen LogP) is 1.81. The van der Waals surface area contributed by atoms with Crippen LogP contribution in [-0.4, -0.2) is 18.5 Å². The quantitative estimate of drug-likeness (QED) is 0.593. The first-order valence-corrected chi connectivity index (χ1v) is 3.71. The van der Waals surface area contributed by atoms with Crippen molar-refractivity contribution in [3.63, 3.8) is 0 Å². The molecule has 0 spiro atoms. The summed E-state index contributed by atoms with van der Waals surface area (Å²) < 4.78 is 4.63. The molecule has 0 N–H and O–H groups in total. The van der Waals surface area contributed by atoms with Crippen molar-refractivity contribution in [2.75, 3.05) is 7.11 Å². The van der Waals surface area contributed by atoms with Gasteiger partial charge in [-0.3, -0.25) is 4.79 Å². The van der Waals surface area contributed by atoms with E-state index in [0.717, 1.165) is 0 Å². The summed E-state index contributed by atoms with van der Waals surface area (Å²) in [7, 11) is 1.43. The zero-order chi connectivity index (χ0) is 8.15. The van der Waals surface area contributed by atoms with Crippen LogP contribution in [0.5, 0.6) is 0 Å². The van der Waals surface area contributed by atoms with Crippen LogP contribution in [0.15, 0.2) is 0 Å². The van der Waals surface area contributed by atoms with Crippen LogP contribution in [0.25, 0.3) is 0 Å². The summed E-state index contributed by atoms with van der Waals surface area (Å²) >= 11 is 5.49. The largest absolute Gasteiger partial charge is 0.358 e. The fourth-order valence-electron chi connectivity index (χ4n) is 0.626. The number of methoxy groups -OCH3 is 1. The van der Waals surface area contributed by atoms with Crippen molar-refractivity contribution in [1.29, 1.82) is 0 Å². The van der Waals surface area contributed by atoms with Crippen LogP contribution in [-0.2, 0) is 9.53 Å². The average Bonchev–Trinajstić information content (AvgIpc) is 1.85. The van der Waals surface area contributed by atoms with Gasteiger partial charge in [0.05, 0.1) is 0 Å². The van der Waals surface area contributed by atoms with Crippen molar-refractivity contribution in [1.82, 2.24) is 0 Å². The summed E-state index contributed by atoms with van der Waals surface area (Å²) in [4.78, 5) is 10.9. The highest BCUT2D eigenvalue weighted by atomic mass is 35.5. The van der Waals surface area contributed by atoms with Crippen LogP contribution < -0.4 is 0 Å². The van der Waals surface area contributed by atoms with E-state index >= 15 is 0 Å². The SMILES string of the molecule is COC(Cl)C(=O)CC(C)C. The molecule has 0 heterocycles. The number of alkyl halides is 1. The molecule has 0 aromatic heterocycles. The molecule has 0 aliphatic heterocycles. The summed E-state index contributed by atoms with van der Waals surface area (Å²) in [5.41, 5.74) is -0.762. The lowest BCUT2D eigenvalue weighted by Crippen LogP contribution is -2.17. The Morgan fingerprint density at radius 2 is 2.10 bits per heavy atom. The van der Waals surface area contributed by atoms with E-state index in [9.17, 15) is 4.79 Å². The monoisotopic (exact) mass is 164 g/mol. The van der Waals surface area contributed by atoms with Gasteiger partial charge < -0.3 is 4.74 Å². The Balaban J connectivity index is 3.62. The first kappa shape index (κ1) is 9.92. The molecule has 0 fully saturated rings. The Morgan fingerprint density at radius 1 is 1.60 bits per heavy atom. The van der Waals surface area contributed by atoms with E-state index in [4.69, 9.17) is 11.6 Å². The van der Waals surface area contributed by atoms with E-state index in [1.54, 1.807) is 0 Å². The first-order valence-electron chi connectivity index (χ1n) is 3.27. The fourth-order valence-corrected chi connectivity index (χ4v) is 0.716. The molecule has 2 nitrogen and oxygen atoms in total. The molecular weight excluding hydrogens is 152 g/mol. The third-order valence-electron chi connectivity index (χ3n) is 1.07. The molecule has 0 amide bonds. The Kier molecular flexibility index (Phi) is 4.65. The van der Waals surface area contributed by atoms with E-state index in [0.29, 0.717) is 12.3 Å². The highest BCUT2D eigenvalue weighted by molar-refractivity contribution is 6.29. The molecule has 3 heteroatoms. The number of hydrogen-bond donors (Lipinski definition) is 0. The van der Waals surface area contributed by atoms with Crippen molar-refractivity contribution >= 4 is 17.4 Å². The van der Waals surface area contributed by atoms with E-state index in [2.05, 4.69) is 4.74 Å². The second kappa shape index (κ2) is 4.69. The third-order valence-corrected chi connectivity index (χ3v) is 1.49. The molecule has 1 atom stereocenters. The molecule has 0 rings (SSSR count). The number of halogens is 1. The fraction of sp³-hybridized carbons (Fsp3) is 0.857. The van der Waals surface area contributed by atoms with Gasteiger partial charge in [0.1, 0.15) is 0 Å². The Labute approximate surface area is 66.5 Å². The van der Waals surface area contributed by atoms with Gasteiger partial charge in [0.2, 0.25) is 0 Å². The smallest absolute Gasteiger partial charge is 0.188 e. The summed E-state index contributed by atoms with van der Waals surface area (Å²) in [5, 5.41) is 0. The number of carbonyl (C=O) groups excluding carboxylic acids is 1. The minimum Gasteiger partial charge on any atom is -0.358 e. The third kappa shape index (κ3) is 3.85. The molecule has 10 heavy (non-hydrogen) atoms. The van der Waals surface area contributed by atoms with Crippen molar-refractivity contribution in [3.05, 3.63) is 0 Å². The molecule has 0 aromatic rings. The lowest BCUT2D eigenvalue weighted by molar-refractivity contribution is -0.125. The number of ether oxygens (including phenoxy) is 1. The molecule has 0 aromatic carbocycles. The molecule has 0 saturated heterocycles. The lowest BCUT2D eigenvalue weighted by Gasteiger charge is -2.07. The molecule has 0 bridgehead atoms. The Hall–Kier alpha value is -0.0800. The zero-order valence-corrected chi connectivity index (χ0v) is 7.31. The van der Waals surface area contributed by atoms with E-state index in [1.807, 2.05) is 13.8 Å². The number of Topliss-reactive ketones (excluding diaryl/α,β-unsaturated/α-hetero) is 1. The maximum atomic E-state index is 10.9. The van der Waals surface area contributed by atoms with Crippen LogP contribution in [0.4, 0.5) is 0 Å². The van der Waals surface area contributed by atoms with Crippen molar-refractivity contribution in [2.24, 2.45) is 5.92 Å². The minimum atomic E-state index is -0.762. The molecule has 1 unspecified atom stereocenters. The summed E-state index contributed by atoms with van der Waals surface area (Å²) in [6.45, 7) is 3.94. The highest BCUT2D eigenvalue weighted by Crippen LogP contribution is 2.07. The van der Waals surface area contributed by atoms with Gasteiger partial charge in [-0.1, -0.05) is 25.4 Å². The van der Waals surface area contributed by atoms with Crippen molar-refractivity contribution < 1.29 is 9.53 Å². The Bertz CT molecular complexity index is 112. The van der Waals surface area contributed by atoms with Gasteiger partial charge in [-0.05, 0) is 5.92 Å². The van der Waals surface area contributed by atoms with Crippen LogP contribution in [0, 0.1) is 5.92 Å². The van der Waals surface area contributed by atoms with Gasteiger partial charge in [-0.25, -0.2) is 0 Å². The van der Waals surface area contributed by atoms with E-state index in [1.165, 1.54) is 7.11 Å². The number of hydrogen-bond acceptors (Lipinski definition) is 2. The number of ketones is 1. The van der Waals surface area contributed by atoms with E-state index in [-0.39, 0.29) is 5.78 Å². The first-order chi connectivity index (χ1) is 4.57. The summed E-state index contributed by atoms with van der Waals surface area (Å²) in [5.74, 6) is 0.308. The van der Waals surface area contributed by atoms with Crippen LogP contribution in [0.3, 0.4) is 0 Å². The maximum absolute atomic E-state index is 10.9. The lowest BCUT2D eigenvalue weighted by atomic mass is 10.1. The highest BCUT2D eigenvalue weighted by Gasteiger charge is 2.14. The minimum absolute atomic E-state index is 0.0424. The van der Waals surface area contributed by atoms with Crippen LogP contribution in [0.1, 0.15) is 20.3 Å². The van der Waals surface area contributed by atoms with Crippen molar-refractivity contribution in [3.8, 4) is 0 Å². The number of rotatable bonds is 4. The molecular formula is C7H13ClO2. The normalized spacial score (nSPS) is 13.7. The van der Waals surface area contributed by atoms with Crippen molar-refractivity contribution in [2.45, 2.75) is 25.8 Å². The Morgan fingerprint density at radius 3 is 2.40 bits per heavy atom. The van der Waals surface area contributed by atoms with Crippen LogP contribution >= 0.6 is 11.6 Å². The van der Waals surface area contributed by atoms with Gasteiger partial charge in [0.25, 0.3) is 0 Å². The van der Waals surface area contributed by atoms with Crippen LogP contribution in [0.2, 0.25) is 0 Å². The topological polar surface area (TPSA) is 26.3 Å². The predicted molar refractivity (Wildman–Crippen MR) is 41.1 cm³/mol. The molecule has 0 saturated carbocycles. The molecule has 0 aliphatic carbocycles. The summed E-state index contributed by atoms with van der Waals surface area (Å²) in [6, 6.07) is 0. The zero-order valence-electron chi connectivity index (χ0n) is 6.56. The molecule has 0 aliphatic rings. The van der Waals surface area contributed by atoms with Gasteiger partial charge in [-0.2, -0.15) is 0 Å². The second-order valence-corrected chi connectivity index (χ2v) is 3.01. The maximum Gasteiger partial charge on any atom is 0.188 e. The summed E-state index contributed by atoms with van der Waals surface area (Å²) in [6.07, 6.45) is 0.488. The van der Waals surface area contributed by atoms with E-state index < -0.39 is 5.56 Å². The van der Waals surface area contributed by atoms with Gasteiger partial charge in [-0.15, -0.1) is 0 Å². The standard InChI is InChI=1S/C7H13ClO2/c1-5(2)4-6(9)7(8)10-3/h5,7H,4H2,1-3H3. The van der Waals surface area contributed by atoms with Gasteiger partial charge >= 0.3 is 0 Å². The second-order valence-electron chi connectivity index (χ2n) is 2.62. The average molecular weight is 165 g/mol. The number of carbonyl (C=O) groups is 1. The molecule has 0 radical (unpaired) electrons. The van der Waals surface area contributed by atoms with Gasteiger partial charge in [0.15, 0.2) is 11.3 Å².